The maximum absolute atomic E-state index is 13.0. The van der Waals surface area contributed by atoms with Crippen molar-refractivity contribution < 1.29 is 88.0 Å². The molecule has 3 aromatic carbocycles. The minimum Gasteiger partial charge on any atom is -0.756 e. The van der Waals surface area contributed by atoms with Crippen LogP contribution in [0.3, 0.4) is 0 Å². The minimum atomic E-state index is -5.30. The van der Waals surface area contributed by atoms with Gasteiger partial charge in [-0.05, 0) is 123 Å². The van der Waals surface area contributed by atoms with Crippen LogP contribution in [-0.2, 0) is 83.0 Å². The molecule has 0 aliphatic carbocycles. The molecule has 1 aromatic heterocycles. The molecule has 8 rings (SSSR count). The molecule has 2 fully saturated rings. The van der Waals surface area contributed by atoms with Crippen molar-refractivity contribution in [3.63, 3.8) is 0 Å². The molecular weight excluding hydrogens is 1220 g/mol. The Kier molecular flexibility index (Phi) is 20.7. The number of H-pyrrole nitrogens is 1. The number of aromatic amines is 1. The summed E-state index contributed by atoms with van der Waals surface area (Å²) in [5.41, 5.74) is 2.57. The zero-order valence-corrected chi connectivity index (χ0v) is 50.9. The van der Waals surface area contributed by atoms with Crippen LogP contribution in [0, 0.1) is 11.8 Å². The molecule has 25 nitrogen and oxygen atoms in total. The number of fused-ring (bicyclic) bond motifs is 4. The molecule has 4 aliphatic rings. The Hall–Kier alpha value is -5.24. The molecule has 5 heterocycles. The average Bonchev–Trinajstić information content (AvgIpc) is 1.78. The highest BCUT2D eigenvalue weighted by Gasteiger charge is 2.48. The lowest BCUT2D eigenvalue weighted by atomic mass is 9.79. The lowest BCUT2D eigenvalue weighted by Gasteiger charge is -2.35. The number of unbranched alkanes of at least 4 members (excludes halogenated alkanes) is 4. The minimum absolute atomic E-state index is 0.0574. The predicted molar refractivity (Wildman–Crippen MR) is 306 cm³/mol. The number of allylic oxidation sites excluding steroid dienone is 6. The van der Waals surface area contributed by atoms with Gasteiger partial charge in [0.2, 0.25) is 11.6 Å². The lowest BCUT2D eigenvalue weighted by molar-refractivity contribution is -0.777. The second kappa shape index (κ2) is 26.8. The van der Waals surface area contributed by atoms with Gasteiger partial charge in [0.05, 0.1) is 41.6 Å². The fourth-order valence-corrected chi connectivity index (χ4v) is 18.1. The van der Waals surface area contributed by atoms with E-state index in [0.717, 1.165) is 55.7 Å². The molecule has 5 atom stereocenters. The molecule has 0 radical (unpaired) electrons. The number of benzene rings is 3. The second-order valence-electron chi connectivity index (χ2n) is 20.9. The quantitative estimate of drug-likeness (QED) is 0.00636. The number of nitrogens with zero attached hydrogens (tertiary/aromatic N) is 3. The summed E-state index contributed by atoms with van der Waals surface area (Å²) in [7, 11) is -15.1. The number of carbonyl (C=O) groups is 2. The number of carbonyl (C=O) groups excluding carboxylic acids is 1. The van der Waals surface area contributed by atoms with E-state index < -0.39 is 79.5 Å². The van der Waals surface area contributed by atoms with Crippen molar-refractivity contribution >= 4 is 96.1 Å². The Labute approximate surface area is 492 Å². The SMILES string of the molecule is CC1(C)C(/C=C/C=C/C=C2/N(CCCCCC(=O)O)c3ccc(S(=O)(=O)[O-])cc3C2(C)C)=[N+](CCCCCC(=O)NCC#Cc2cn([C@H]3CC[C@@H](COP4(=S)OP(=O)([O-])OP(=O)(O)O4)O3)c(=O)[nH]c2=O)c2ccc3cc(SOO[O-])ccc3c21. The third kappa shape index (κ3) is 15.7. The average molecular weight is 1280 g/mol. The first kappa shape index (κ1) is 64.8. The highest BCUT2D eigenvalue weighted by Crippen LogP contribution is 2.78. The molecule has 31 heteroatoms. The first-order valence-electron chi connectivity index (χ1n) is 26.4. The van der Waals surface area contributed by atoms with Crippen LogP contribution >= 0.6 is 34.4 Å². The predicted octanol–water partition coefficient (Wildman–Crippen LogP) is 6.92. The summed E-state index contributed by atoms with van der Waals surface area (Å²) in [6, 6.07) is 14.2. The number of hydrogen-bond acceptors (Lipinski definition) is 21. The van der Waals surface area contributed by atoms with E-state index in [9.17, 15) is 56.3 Å². The van der Waals surface area contributed by atoms with Crippen LogP contribution in [0.4, 0.5) is 11.4 Å². The smallest absolute Gasteiger partial charge is 0.486 e. The van der Waals surface area contributed by atoms with Crippen molar-refractivity contribution in [3.8, 4) is 11.8 Å². The Morgan fingerprint density at radius 3 is 2.48 bits per heavy atom. The molecule has 4 aliphatic heterocycles. The molecule has 452 valence electrons. The summed E-state index contributed by atoms with van der Waals surface area (Å²) in [6.07, 6.45) is 13.8. The van der Waals surface area contributed by atoms with E-state index in [1.807, 2.05) is 62.4 Å². The van der Waals surface area contributed by atoms with Gasteiger partial charge in [-0.25, -0.2) is 30.7 Å². The van der Waals surface area contributed by atoms with Crippen LogP contribution in [-0.4, -0.2) is 87.0 Å². The largest absolute Gasteiger partial charge is 0.756 e. The molecular formula is C53H60N5O20P3S3-2. The van der Waals surface area contributed by atoms with Crippen LogP contribution in [0.5, 0.6) is 0 Å². The van der Waals surface area contributed by atoms with Gasteiger partial charge < -0.3 is 44.2 Å². The molecule has 84 heavy (non-hydrogen) atoms. The van der Waals surface area contributed by atoms with Gasteiger partial charge in [-0.2, -0.15) is 8.91 Å². The van der Waals surface area contributed by atoms with Crippen LogP contribution in [0.2, 0.25) is 0 Å². The molecule has 4 aromatic rings. The van der Waals surface area contributed by atoms with E-state index in [1.54, 1.807) is 6.07 Å². The number of hydrogen-bond donors (Lipinski definition) is 4. The first-order chi connectivity index (χ1) is 39.6. The fourth-order valence-electron chi connectivity index (χ4n) is 10.6. The Balaban J connectivity index is 0.911. The number of carboxylic acid groups (broad SMARTS) is 1. The summed E-state index contributed by atoms with van der Waals surface area (Å²) in [5.74, 6) is 4.28. The fraction of sp³-hybridized carbons (Fsp3) is 0.415. The number of nitrogens with one attached hydrogen (secondary N) is 2. The van der Waals surface area contributed by atoms with E-state index in [2.05, 4.69) is 79.9 Å². The number of aromatic nitrogens is 2. The number of rotatable bonds is 24. The summed E-state index contributed by atoms with van der Waals surface area (Å²) in [6.45, 7) is 4.56. The van der Waals surface area contributed by atoms with Crippen molar-refractivity contribution in [1.29, 1.82) is 0 Å². The molecule has 1 amide bonds. The Morgan fingerprint density at radius 2 is 1.74 bits per heavy atom. The Bertz CT molecular complexity index is 3780. The van der Waals surface area contributed by atoms with Crippen molar-refractivity contribution in [2.45, 2.75) is 125 Å². The maximum atomic E-state index is 13.0. The lowest BCUT2D eigenvalue weighted by Crippen LogP contribution is -2.34. The standard InChI is InChI=1S/C53H62N5O20P3S3/c1-52(2)41-32-39(84(69,70)71)23-26-42(41)56(29-13-7-11-19-48(60)61)44(52)16-8-5-9-17-45-53(3,4)49-40-24-22-38(83-75-74-64)31-35(40)20-25-43(49)57(45)30-12-6-10-18-46(59)54-28-14-15-36-33-58(51(63)55-50(36)62)47-27-21-37(73-47)34-72-81(82)77-79(65,66)76-80(67,68)78-81/h5,8-9,16-17,20,22-26,31-33,37,47H,6-7,10-13,18-19,21,27-30,34H2,1-4H3,(H6-,54,55,59,60,61,62,63,64,65,66,67,68,69,70,71)/p-2/t37-,47+/m0/s1. The normalized spacial score (nSPS) is 24.0. The van der Waals surface area contributed by atoms with Crippen LogP contribution in [0.1, 0.15) is 115 Å². The van der Waals surface area contributed by atoms with Crippen molar-refractivity contribution in [2.75, 3.05) is 31.1 Å². The van der Waals surface area contributed by atoms with Gasteiger partial charge in [-0.1, -0.05) is 56.4 Å². The van der Waals surface area contributed by atoms with Crippen LogP contribution < -0.4 is 31.6 Å². The van der Waals surface area contributed by atoms with Gasteiger partial charge in [-0.3, -0.25) is 33.5 Å². The molecule has 4 N–H and O–H groups in total. The van der Waals surface area contributed by atoms with Gasteiger partial charge in [0.25, 0.3) is 13.4 Å². The highest BCUT2D eigenvalue weighted by molar-refractivity contribution is 8.10. The van der Waals surface area contributed by atoms with E-state index in [1.165, 1.54) is 18.3 Å². The number of phosphoric acid groups is 2. The number of ether oxygens (including phenoxy) is 1. The third-order valence-corrected chi connectivity index (χ3v) is 22.6. The second-order valence-corrected chi connectivity index (χ2v) is 29.4. The molecule has 0 spiro atoms. The summed E-state index contributed by atoms with van der Waals surface area (Å²) < 4.78 is 91.9. The van der Waals surface area contributed by atoms with Gasteiger partial charge in [-0.15, -0.1) is 0 Å². The summed E-state index contributed by atoms with van der Waals surface area (Å²) >= 11 is 5.71. The van der Waals surface area contributed by atoms with Gasteiger partial charge in [0.1, 0.15) is 28.5 Å². The van der Waals surface area contributed by atoms with E-state index in [-0.39, 0.29) is 48.6 Å². The number of carboxylic acids is 1. The summed E-state index contributed by atoms with van der Waals surface area (Å²) in [5, 5.41) is 28.0. The third-order valence-electron chi connectivity index (χ3n) is 14.4. The monoisotopic (exact) mass is 1280 g/mol. The van der Waals surface area contributed by atoms with Gasteiger partial charge in [0, 0.05) is 71.4 Å². The molecule has 0 bridgehead atoms. The van der Waals surface area contributed by atoms with Crippen molar-refractivity contribution in [1.82, 2.24) is 14.9 Å². The van der Waals surface area contributed by atoms with Gasteiger partial charge in [0.15, 0.2) is 5.71 Å². The van der Waals surface area contributed by atoms with Crippen LogP contribution in [0.25, 0.3) is 10.8 Å². The van der Waals surface area contributed by atoms with Crippen LogP contribution in [0.15, 0.2) is 110 Å². The number of aliphatic carboxylic acids is 1. The maximum Gasteiger partial charge on any atom is 0.486 e. The van der Waals surface area contributed by atoms with Gasteiger partial charge >= 0.3 is 26.2 Å². The number of amides is 1. The van der Waals surface area contributed by atoms with Crippen molar-refractivity contribution in [2.24, 2.45) is 0 Å². The molecule has 2 saturated heterocycles. The highest BCUT2D eigenvalue weighted by atomic mass is 32.5. The Morgan fingerprint density at radius 1 is 0.976 bits per heavy atom. The first-order valence-corrected chi connectivity index (χ1v) is 34.1. The zero-order valence-electron chi connectivity index (χ0n) is 45.8. The van der Waals surface area contributed by atoms with E-state index in [0.29, 0.717) is 62.1 Å². The van der Waals surface area contributed by atoms with E-state index >= 15 is 0 Å². The zero-order chi connectivity index (χ0) is 60.8. The molecule has 3 unspecified atom stereocenters. The molecule has 0 saturated carbocycles. The van der Waals surface area contributed by atoms with E-state index in [4.69, 9.17) is 26.2 Å². The number of anilines is 1. The topological polar surface area (TPSA) is 350 Å². The van der Waals surface area contributed by atoms with Crippen molar-refractivity contribution in [3.05, 3.63) is 128 Å². The summed E-state index contributed by atoms with van der Waals surface area (Å²) in [4.78, 5) is 75.6.